The maximum absolute atomic E-state index is 12.5. The standard InChI is InChI=1S/C17H10O5/c18-15(10-5-7-11(8-6-10)16(19)20)14-9-22-17(21)13-4-2-1-3-12(13)14/h1-9H,(H,19,20). The van der Waals surface area contributed by atoms with Gasteiger partial charge in [0.25, 0.3) is 0 Å². The number of carbonyl (C=O) groups excluding carboxylic acids is 1. The molecule has 0 unspecified atom stereocenters. The molecular weight excluding hydrogens is 284 g/mol. The minimum Gasteiger partial charge on any atom is -0.478 e. The molecule has 5 nitrogen and oxygen atoms in total. The summed E-state index contributed by atoms with van der Waals surface area (Å²) < 4.78 is 4.91. The lowest BCUT2D eigenvalue weighted by molar-refractivity contribution is 0.0696. The van der Waals surface area contributed by atoms with Gasteiger partial charge in [-0.3, -0.25) is 4.79 Å². The molecule has 0 saturated carbocycles. The Bertz CT molecular complexity index is 935. The molecule has 3 aromatic rings. The van der Waals surface area contributed by atoms with E-state index >= 15 is 0 Å². The zero-order valence-electron chi connectivity index (χ0n) is 11.3. The van der Waals surface area contributed by atoms with E-state index in [1.807, 2.05) is 0 Å². The van der Waals surface area contributed by atoms with Crippen LogP contribution in [0, 0.1) is 0 Å². The molecule has 0 amide bonds. The lowest BCUT2D eigenvalue weighted by Crippen LogP contribution is -2.07. The summed E-state index contributed by atoms with van der Waals surface area (Å²) in [5.41, 5.74) is 0.177. The lowest BCUT2D eigenvalue weighted by Gasteiger charge is -2.05. The van der Waals surface area contributed by atoms with Crippen molar-refractivity contribution in [3.63, 3.8) is 0 Å². The quantitative estimate of drug-likeness (QED) is 0.751. The van der Waals surface area contributed by atoms with Gasteiger partial charge < -0.3 is 9.52 Å². The van der Waals surface area contributed by atoms with Crippen LogP contribution < -0.4 is 5.63 Å². The normalized spacial score (nSPS) is 10.5. The van der Waals surface area contributed by atoms with Crippen LogP contribution in [0.25, 0.3) is 10.8 Å². The van der Waals surface area contributed by atoms with E-state index in [9.17, 15) is 14.4 Å². The Hall–Kier alpha value is -3.21. The molecule has 0 atom stereocenters. The average Bonchev–Trinajstić information content (AvgIpc) is 2.55. The predicted octanol–water partition coefficient (Wildman–Crippen LogP) is 2.72. The van der Waals surface area contributed by atoms with Gasteiger partial charge in [0.1, 0.15) is 6.26 Å². The average molecular weight is 294 g/mol. The Kier molecular flexibility index (Phi) is 3.31. The highest BCUT2D eigenvalue weighted by molar-refractivity contribution is 6.16. The second-order valence-corrected chi connectivity index (χ2v) is 4.69. The summed E-state index contributed by atoms with van der Waals surface area (Å²) in [6.07, 6.45) is 1.14. The molecule has 1 N–H and O–H groups in total. The molecule has 5 heteroatoms. The Morgan fingerprint density at radius 3 is 2.09 bits per heavy atom. The second-order valence-electron chi connectivity index (χ2n) is 4.69. The maximum Gasteiger partial charge on any atom is 0.343 e. The molecule has 1 heterocycles. The Morgan fingerprint density at radius 2 is 1.45 bits per heavy atom. The molecule has 2 aromatic carbocycles. The number of fused-ring (bicyclic) bond motifs is 1. The molecule has 0 aliphatic heterocycles. The number of carbonyl (C=O) groups is 2. The summed E-state index contributed by atoms with van der Waals surface area (Å²) in [7, 11) is 0. The third-order valence-corrected chi connectivity index (χ3v) is 3.36. The van der Waals surface area contributed by atoms with Crippen molar-refractivity contribution in [3.05, 3.63) is 81.9 Å². The van der Waals surface area contributed by atoms with E-state index in [1.54, 1.807) is 24.3 Å². The number of hydrogen-bond acceptors (Lipinski definition) is 4. The molecule has 0 aliphatic rings. The van der Waals surface area contributed by atoms with Crippen LogP contribution >= 0.6 is 0 Å². The number of hydrogen-bond donors (Lipinski definition) is 1. The highest BCUT2D eigenvalue weighted by Gasteiger charge is 2.15. The predicted molar refractivity (Wildman–Crippen MR) is 79.3 cm³/mol. The smallest absolute Gasteiger partial charge is 0.343 e. The van der Waals surface area contributed by atoms with E-state index in [4.69, 9.17) is 9.52 Å². The van der Waals surface area contributed by atoms with Crippen molar-refractivity contribution >= 4 is 22.5 Å². The van der Waals surface area contributed by atoms with E-state index in [-0.39, 0.29) is 16.9 Å². The fourth-order valence-corrected chi connectivity index (χ4v) is 2.23. The molecule has 0 bridgehead atoms. The van der Waals surface area contributed by atoms with Gasteiger partial charge in [-0.15, -0.1) is 0 Å². The van der Waals surface area contributed by atoms with Gasteiger partial charge in [0.2, 0.25) is 0 Å². The molecule has 3 rings (SSSR count). The van der Waals surface area contributed by atoms with Crippen molar-refractivity contribution < 1.29 is 19.1 Å². The highest BCUT2D eigenvalue weighted by atomic mass is 16.4. The van der Waals surface area contributed by atoms with E-state index in [0.29, 0.717) is 16.3 Å². The molecule has 22 heavy (non-hydrogen) atoms. The van der Waals surface area contributed by atoms with Crippen molar-refractivity contribution in [1.82, 2.24) is 0 Å². The molecule has 0 aliphatic carbocycles. The van der Waals surface area contributed by atoms with Crippen molar-refractivity contribution in [2.45, 2.75) is 0 Å². The molecule has 0 spiro atoms. The Balaban J connectivity index is 2.11. The lowest BCUT2D eigenvalue weighted by atomic mass is 9.99. The largest absolute Gasteiger partial charge is 0.478 e. The van der Waals surface area contributed by atoms with Crippen LogP contribution in [0.2, 0.25) is 0 Å². The van der Waals surface area contributed by atoms with Gasteiger partial charge in [-0.25, -0.2) is 9.59 Å². The van der Waals surface area contributed by atoms with Crippen LogP contribution in [-0.2, 0) is 0 Å². The first-order valence-electron chi connectivity index (χ1n) is 6.46. The van der Waals surface area contributed by atoms with Crippen LogP contribution in [-0.4, -0.2) is 16.9 Å². The number of aromatic carboxylic acids is 1. The van der Waals surface area contributed by atoms with Crippen LogP contribution in [0.1, 0.15) is 26.3 Å². The minimum atomic E-state index is -1.06. The van der Waals surface area contributed by atoms with Crippen LogP contribution in [0.15, 0.2) is 64.0 Å². The third-order valence-electron chi connectivity index (χ3n) is 3.36. The summed E-state index contributed by atoms with van der Waals surface area (Å²) in [6, 6.07) is 12.3. The Morgan fingerprint density at radius 1 is 0.864 bits per heavy atom. The minimum absolute atomic E-state index is 0.0981. The summed E-state index contributed by atoms with van der Waals surface area (Å²) in [6.45, 7) is 0. The molecular formula is C17H10O5. The maximum atomic E-state index is 12.5. The summed E-state index contributed by atoms with van der Waals surface area (Å²) in [4.78, 5) is 35.0. The van der Waals surface area contributed by atoms with Crippen molar-refractivity contribution in [2.75, 3.05) is 0 Å². The van der Waals surface area contributed by atoms with E-state index in [1.165, 1.54) is 24.3 Å². The van der Waals surface area contributed by atoms with E-state index in [2.05, 4.69) is 0 Å². The van der Waals surface area contributed by atoms with Gasteiger partial charge in [0.05, 0.1) is 16.5 Å². The monoisotopic (exact) mass is 294 g/mol. The summed E-state index contributed by atoms with van der Waals surface area (Å²) in [5.74, 6) is -1.40. The number of benzene rings is 2. The van der Waals surface area contributed by atoms with Crippen molar-refractivity contribution in [1.29, 1.82) is 0 Å². The van der Waals surface area contributed by atoms with Gasteiger partial charge in [-0.05, 0) is 18.2 Å². The number of carboxylic acid groups (broad SMARTS) is 1. The Labute approximate surface area is 124 Å². The summed E-state index contributed by atoms with van der Waals surface area (Å²) in [5, 5.41) is 9.70. The van der Waals surface area contributed by atoms with Crippen molar-refractivity contribution in [3.8, 4) is 0 Å². The fourth-order valence-electron chi connectivity index (χ4n) is 2.23. The number of ketones is 1. The molecule has 0 fully saturated rings. The van der Waals surface area contributed by atoms with Crippen LogP contribution in [0.4, 0.5) is 0 Å². The van der Waals surface area contributed by atoms with E-state index in [0.717, 1.165) is 6.26 Å². The van der Waals surface area contributed by atoms with Gasteiger partial charge in [0.15, 0.2) is 5.78 Å². The first kappa shape index (κ1) is 13.8. The van der Waals surface area contributed by atoms with Gasteiger partial charge in [-0.1, -0.05) is 30.3 Å². The van der Waals surface area contributed by atoms with E-state index < -0.39 is 11.6 Å². The zero-order valence-corrected chi connectivity index (χ0v) is 11.3. The van der Waals surface area contributed by atoms with Crippen molar-refractivity contribution in [2.24, 2.45) is 0 Å². The highest BCUT2D eigenvalue weighted by Crippen LogP contribution is 2.19. The first-order chi connectivity index (χ1) is 10.6. The zero-order chi connectivity index (χ0) is 15.7. The second kappa shape index (κ2) is 5.29. The SMILES string of the molecule is O=C(O)c1ccc(C(=O)c2coc(=O)c3ccccc23)cc1. The van der Waals surface area contributed by atoms with Crippen LogP contribution in [0.5, 0.6) is 0 Å². The van der Waals surface area contributed by atoms with Gasteiger partial charge in [-0.2, -0.15) is 0 Å². The topological polar surface area (TPSA) is 84.6 Å². The summed E-state index contributed by atoms with van der Waals surface area (Å²) >= 11 is 0. The third kappa shape index (κ3) is 2.29. The number of carboxylic acids is 1. The van der Waals surface area contributed by atoms with Crippen LogP contribution in [0.3, 0.4) is 0 Å². The fraction of sp³-hybridized carbons (Fsp3) is 0. The van der Waals surface area contributed by atoms with Gasteiger partial charge >= 0.3 is 11.6 Å². The molecule has 0 radical (unpaired) electrons. The molecule has 108 valence electrons. The molecule has 1 aromatic heterocycles. The molecule has 0 saturated heterocycles. The first-order valence-corrected chi connectivity index (χ1v) is 6.46. The number of rotatable bonds is 3. The van der Waals surface area contributed by atoms with Gasteiger partial charge in [0, 0.05) is 10.9 Å².